The van der Waals surface area contributed by atoms with Crippen LogP contribution >= 0.6 is 0 Å². The summed E-state index contributed by atoms with van der Waals surface area (Å²) >= 11 is 0. The summed E-state index contributed by atoms with van der Waals surface area (Å²) < 4.78 is 26.1. The van der Waals surface area contributed by atoms with E-state index in [0.717, 1.165) is 10.9 Å². The van der Waals surface area contributed by atoms with E-state index in [-0.39, 0.29) is 6.54 Å². The monoisotopic (exact) mass is 266 g/mol. The summed E-state index contributed by atoms with van der Waals surface area (Å²) in [6.45, 7) is 3.41. The minimum absolute atomic E-state index is 0.0958. The molecule has 0 atom stereocenters. The van der Waals surface area contributed by atoms with Crippen molar-refractivity contribution in [2.24, 2.45) is 12.8 Å². The number of nitrogens with zero attached hydrogens (tertiary/aromatic N) is 1. The van der Waals surface area contributed by atoms with E-state index >= 15 is 0 Å². The van der Waals surface area contributed by atoms with Gasteiger partial charge in [0.05, 0.1) is 9.64 Å². The number of fused-ring (bicyclic) bond motifs is 1. The number of hydrogen-bond donors (Lipinski definition) is 1. The summed E-state index contributed by atoms with van der Waals surface area (Å²) in [7, 11) is -1.60. The Hall–Kier alpha value is -1.33. The van der Waals surface area contributed by atoms with Gasteiger partial charge < -0.3 is 10.3 Å². The smallest absolute Gasteiger partial charge is 0.186 e. The molecular formula is C13H18N2O2S. The Labute approximate surface area is 107 Å². The molecule has 1 heterocycles. The fraction of sp³-hybridized carbons (Fsp3) is 0.385. The number of aryl methyl sites for hydroxylation is 1. The van der Waals surface area contributed by atoms with Crippen molar-refractivity contribution in [3.8, 4) is 0 Å². The van der Waals surface area contributed by atoms with Crippen LogP contribution in [-0.2, 0) is 16.9 Å². The summed E-state index contributed by atoms with van der Waals surface area (Å²) in [5.74, 6) is 0. The first-order valence-electron chi connectivity index (χ1n) is 5.80. The Balaban J connectivity index is 2.77. The van der Waals surface area contributed by atoms with Crippen molar-refractivity contribution >= 4 is 20.7 Å². The van der Waals surface area contributed by atoms with E-state index in [1.807, 2.05) is 35.9 Å². The molecule has 0 saturated carbocycles. The van der Waals surface area contributed by atoms with E-state index in [9.17, 15) is 8.42 Å². The molecule has 0 amide bonds. The molecule has 18 heavy (non-hydrogen) atoms. The van der Waals surface area contributed by atoms with Crippen LogP contribution in [0.2, 0.25) is 0 Å². The van der Waals surface area contributed by atoms with E-state index in [0.29, 0.717) is 4.90 Å². The molecule has 0 fully saturated rings. The zero-order chi connectivity index (χ0) is 13.6. The Morgan fingerprint density at radius 2 is 1.89 bits per heavy atom. The summed E-state index contributed by atoms with van der Waals surface area (Å²) in [6.07, 6.45) is 1.66. The lowest BCUT2D eigenvalue weighted by molar-refractivity contribution is 0.549. The van der Waals surface area contributed by atoms with Gasteiger partial charge in [0.25, 0.3) is 0 Å². The quantitative estimate of drug-likeness (QED) is 0.919. The minimum atomic E-state index is -3.44. The van der Waals surface area contributed by atoms with Crippen LogP contribution in [0.25, 0.3) is 10.9 Å². The molecule has 0 bridgehead atoms. The molecule has 2 rings (SSSR count). The molecule has 0 unspecified atom stereocenters. The van der Waals surface area contributed by atoms with Crippen molar-refractivity contribution in [1.82, 2.24) is 4.57 Å². The third kappa shape index (κ3) is 1.74. The Kier molecular flexibility index (Phi) is 2.99. The molecule has 98 valence electrons. The highest BCUT2D eigenvalue weighted by Crippen LogP contribution is 2.31. The van der Waals surface area contributed by atoms with Gasteiger partial charge in [0, 0.05) is 30.7 Å². The number of para-hydroxylation sites is 1. The zero-order valence-corrected chi connectivity index (χ0v) is 11.7. The molecule has 0 spiro atoms. The molecule has 0 aliphatic heterocycles. The first-order valence-corrected chi connectivity index (χ1v) is 7.28. The first kappa shape index (κ1) is 13.1. The third-order valence-electron chi connectivity index (χ3n) is 3.37. The van der Waals surface area contributed by atoms with Gasteiger partial charge in [0.2, 0.25) is 0 Å². The molecule has 2 aromatic rings. The standard InChI is InChI=1S/C13H18N2O2S/c1-13(2,9-14)18(16,17)12-8-15(3)11-7-5-4-6-10(11)12/h4-8H,9,14H2,1-3H3. The SMILES string of the molecule is Cn1cc(S(=O)(=O)C(C)(C)CN)c2ccccc21. The fourth-order valence-corrected chi connectivity index (χ4v) is 3.50. The van der Waals surface area contributed by atoms with Gasteiger partial charge in [-0.05, 0) is 19.9 Å². The molecule has 0 radical (unpaired) electrons. The second kappa shape index (κ2) is 4.10. The predicted molar refractivity (Wildman–Crippen MR) is 73.2 cm³/mol. The molecule has 0 saturated heterocycles. The second-order valence-electron chi connectivity index (χ2n) is 5.09. The highest BCUT2D eigenvalue weighted by Gasteiger charge is 2.36. The van der Waals surface area contributed by atoms with Crippen LogP contribution in [0.5, 0.6) is 0 Å². The van der Waals surface area contributed by atoms with E-state index in [4.69, 9.17) is 5.73 Å². The summed E-state index contributed by atoms with van der Waals surface area (Å²) in [4.78, 5) is 0.357. The largest absolute Gasteiger partial charge is 0.349 e. The molecular weight excluding hydrogens is 248 g/mol. The number of sulfone groups is 1. The second-order valence-corrected chi connectivity index (χ2v) is 7.64. The van der Waals surface area contributed by atoms with E-state index in [2.05, 4.69) is 0 Å². The maximum absolute atomic E-state index is 12.6. The Morgan fingerprint density at radius 1 is 1.28 bits per heavy atom. The highest BCUT2D eigenvalue weighted by atomic mass is 32.2. The molecule has 5 heteroatoms. The van der Waals surface area contributed by atoms with Gasteiger partial charge in [-0.3, -0.25) is 0 Å². The molecule has 0 aliphatic rings. The molecule has 2 N–H and O–H groups in total. The number of aromatic nitrogens is 1. The van der Waals surface area contributed by atoms with Gasteiger partial charge in [0.15, 0.2) is 9.84 Å². The van der Waals surface area contributed by atoms with Gasteiger partial charge in [-0.2, -0.15) is 0 Å². The molecule has 1 aromatic carbocycles. The average Bonchev–Trinajstić information content (AvgIpc) is 2.68. The van der Waals surface area contributed by atoms with Gasteiger partial charge in [-0.1, -0.05) is 18.2 Å². The number of nitrogens with two attached hydrogens (primary N) is 1. The third-order valence-corrected chi connectivity index (χ3v) is 5.89. The van der Waals surface area contributed by atoms with Crippen molar-refractivity contribution in [2.45, 2.75) is 23.5 Å². The number of hydrogen-bond acceptors (Lipinski definition) is 3. The number of benzene rings is 1. The lowest BCUT2D eigenvalue weighted by Crippen LogP contribution is -2.39. The van der Waals surface area contributed by atoms with Crippen molar-refractivity contribution in [3.05, 3.63) is 30.5 Å². The van der Waals surface area contributed by atoms with Crippen molar-refractivity contribution in [1.29, 1.82) is 0 Å². The summed E-state index contributed by atoms with van der Waals surface area (Å²) in [5.41, 5.74) is 6.50. The fourth-order valence-electron chi connectivity index (χ4n) is 1.93. The van der Waals surface area contributed by atoms with Gasteiger partial charge in [0.1, 0.15) is 0 Å². The summed E-state index contributed by atoms with van der Waals surface area (Å²) in [5, 5.41) is 0.751. The van der Waals surface area contributed by atoms with Crippen LogP contribution in [0.15, 0.2) is 35.4 Å². The van der Waals surface area contributed by atoms with E-state index in [1.54, 1.807) is 20.0 Å². The van der Waals surface area contributed by atoms with Crippen LogP contribution in [-0.4, -0.2) is 24.3 Å². The zero-order valence-electron chi connectivity index (χ0n) is 10.8. The van der Waals surface area contributed by atoms with Gasteiger partial charge in [-0.15, -0.1) is 0 Å². The maximum Gasteiger partial charge on any atom is 0.186 e. The normalized spacial score (nSPS) is 13.1. The van der Waals surface area contributed by atoms with Crippen molar-refractivity contribution in [3.63, 3.8) is 0 Å². The van der Waals surface area contributed by atoms with Crippen LogP contribution in [0, 0.1) is 0 Å². The summed E-state index contributed by atoms with van der Waals surface area (Å²) in [6, 6.07) is 7.47. The average molecular weight is 266 g/mol. The van der Waals surface area contributed by atoms with Crippen molar-refractivity contribution < 1.29 is 8.42 Å². The molecule has 1 aromatic heterocycles. The van der Waals surface area contributed by atoms with Crippen LogP contribution < -0.4 is 5.73 Å². The van der Waals surface area contributed by atoms with Gasteiger partial charge >= 0.3 is 0 Å². The molecule has 4 nitrogen and oxygen atoms in total. The van der Waals surface area contributed by atoms with E-state index in [1.165, 1.54) is 0 Å². The highest BCUT2D eigenvalue weighted by molar-refractivity contribution is 7.93. The topological polar surface area (TPSA) is 65.1 Å². The van der Waals surface area contributed by atoms with Crippen molar-refractivity contribution in [2.75, 3.05) is 6.54 Å². The lowest BCUT2D eigenvalue weighted by Gasteiger charge is -2.22. The maximum atomic E-state index is 12.6. The van der Waals surface area contributed by atoms with E-state index < -0.39 is 14.6 Å². The van der Waals surface area contributed by atoms with Crippen LogP contribution in [0.3, 0.4) is 0 Å². The van der Waals surface area contributed by atoms with Crippen LogP contribution in [0.1, 0.15) is 13.8 Å². The van der Waals surface area contributed by atoms with Crippen LogP contribution in [0.4, 0.5) is 0 Å². The Morgan fingerprint density at radius 3 is 2.50 bits per heavy atom. The Bertz CT molecular complexity index is 684. The predicted octanol–water partition coefficient (Wildman–Crippen LogP) is 1.69. The minimum Gasteiger partial charge on any atom is -0.349 e. The first-order chi connectivity index (χ1) is 8.31. The number of rotatable bonds is 3. The van der Waals surface area contributed by atoms with Gasteiger partial charge in [-0.25, -0.2) is 8.42 Å². The molecule has 0 aliphatic carbocycles. The lowest BCUT2D eigenvalue weighted by atomic mass is 10.2.